The van der Waals surface area contributed by atoms with Gasteiger partial charge in [0.25, 0.3) is 0 Å². The summed E-state index contributed by atoms with van der Waals surface area (Å²) in [7, 11) is 1.90. The molecule has 1 atom stereocenters. The second-order valence-corrected chi connectivity index (χ2v) is 4.81. The zero-order valence-corrected chi connectivity index (χ0v) is 10.1. The van der Waals surface area contributed by atoms with Gasteiger partial charge in [-0.15, -0.1) is 0 Å². The fraction of sp³-hybridized carbons (Fsp3) is 0.273. The maximum Gasteiger partial charge on any atom is 0.0629 e. The minimum atomic E-state index is -0.0163. The summed E-state index contributed by atoms with van der Waals surface area (Å²) in [6, 6.07) is 3.98. The molecule has 2 aromatic rings. The minimum absolute atomic E-state index is 0.0163. The van der Waals surface area contributed by atoms with Crippen LogP contribution in [0.15, 0.2) is 40.5 Å². The van der Waals surface area contributed by atoms with E-state index in [1.807, 2.05) is 44.7 Å². The van der Waals surface area contributed by atoms with Crippen LogP contribution in [-0.2, 0) is 7.05 Å². The lowest BCUT2D eigenvalue weighted by Crippen LogP contribution is -2.06. The quantitative estimate of drug-likeness (QED) is 0.882. The highest BCUT2D eigenvalue weighted by molar-refractivity contribution is 7.99. The summed E-state index contributed by atoms with van der Waals surface area (Å²) in [5.74, 6) is 0. The Morgan fingerprint density at radius 3 is 2.62 bits per heavy atom. The first-order valence-corrected chi connectivity index (χ1v) is 5.85. The topological polar surface area (TPSA) is 56.7 Å². The summed E-state index contributed by atoms with van der Waals surface area (Å²) in [6.07, 6.45) is 5.66. The fourth-order valence-corrected chi connectivity index (χ4v) is 2.13. The number of hydrogen-bond donors (Lipinski definition) is 1. The summed E-state index contributed by atoms with van der Waals surface area (Å²) < 4.78 is 1.78. The monoisotopic (exact) mass is 234 g/mol. The van der Waals surface area contributed by atoms with Crippen molar-refractivity contribution in [2.75, 3.05) is 0 Å². The molecule has 2 aromatic heterocycles. The van der Waals surface area contributed by atoms with E-state index in [-0.39, 0.29) is 6.04 Å². The van der Waals surface area contributed by atoms with Gasteiger partial charge >= 0.3 is 0 Å². The molecule has 4 nitrogen and oxygen atoms in total. The number of nitrogens with two attached hydrogens (primary N) is 1. The molecule has 2 N–H and O–H groups in total. The van der Waals surface area contributed by atoms with E-state index in [1.165, 1.54) is 0 Å². The van der Waals surface area contributed by atoms with Crippen molar-refractivity contribution in [3.8, 4) is 0 Å². The van der Waals surface area contributed by atoms with Gasteiger partial charge in [0, 0.05) is 30.4 Å². The smallest absolute Gasteiger partial charge is 0.0629 e. The number of hydrogen-bond acceptors (Lipinski definition) is 4. The average molecular weight is 234 g/mol. The molecule has 0 aliphatic carbocycles. The standard InChI is InChI=1S/C11H14N4S/c1-8(12)11-4-3-9(5-13-11)16-10-6-14-15(2)7-10/h3-8H,12H2,1-2H3/t8-/m0/s1. The molecule has 0 saturated heterocycles. The van der Waals surface area contributed by atoms with Crippen molar-refractivity contribution in [3.05, 3.63) is 36.4 Å². The molecule has 0 saturated carbocycles. The number of pyridine rings is 1. The highest BCUT2D eigenvalue weighted by atomic mass is 32.2. The maximum atomic E-state index is 5.74. The number of aryl methyl sites for hydroxylation is 1. The van der Waals surface area contributed by atoms with E-state index in [2.05, 4.69) is 10.1 Å². The highest BCUT2D eigenvalue weighted by Gasteiger charge is 2.03. The zero-order chi connectivity index (χ0) is 11.5. The van der Waals surface area contributed by atoms with Crippen LogP contribution in [0.1, 0.15) is 18.7 Å². The van der Waals surface area contributed by atoms with E-state index in [1.54, 1.807) is 16.4 Å². The second kappa shape index (κ2) is 4.67. The molecular weight excluding hydrogens is 220 g/mol. The van der Waals surface area contributed by atoms with Gasteiger partial charge in [0.15, 0.2) is 0 Å². The third-order valence-corrected chi connectivity index (χ3v) is 3.07. The lowest BCUT2D eigenvalue weighted by molar-refractivity contribution is 0.766. The van der Waals surface area contributed by atoms with E-state index in [0.29, 0.717) is 0 Å². The van der Waals surface area contributed by atoms with Crippen LogP contribution in [0.2, 0.25) is 0 Å². The van der Waals surface area contributed by atoms with Gasteiger partial charge < -0.3 is 5.73 Å². The number of aromatic nitrogens is 3. The lowest BCUT2D eigenvalue weighted by atomic mass is 10.2. The van der Waals surface area contributed by atoms with Crippen molar-refractivity contribution in [1.82, 2.24) is 14.8 Å². The molecule has 0 aliphatic heterocycles. The summed E-state index contributed by atoms with van der Waals surface area (Å²) in [6.45, 7) is 1.93. The van der Waals surface area contributed by atoms with Crippen LogP contribution in [-0.4, -0.2) is 14.8 Å². The van der Waals surface area contributed by atoms with Crippen LogP contribution in [0.4, 0.5) is 0 Å². The summed E-state index contributed by atoms with van der Waals surface area (Å²) in [5, 5.41) is 4.11. The highest BCUT2D eigenvalue weighted by Crippen LogP contribution is 2.26. The van der Waals surface area contributed by atoms with Crippen molar-refractivity contribution in [1.29, 1.82) is 0 Å². The summed E-state index contributed by atoms with van der Waals surface area (Å²) in [4.78, 5) is 6.51. The van der Waals surface area contributed by atoms with Gasteiger partial charge in [-0.05, 0) is 19.1 Å². The van der Waals surface area contributed by atoms with Crippen molar-refractivity contribution in [3.63, 3.8) is 0 Å². The Balaban J connectivity index is 2.11. The van der Waals surface area contributed by atoms with Crippen molar-refractivity contribution in [2.24, 2.45) is 12.8 Å². The van der Waals surface area contributed by atoms with Crippen LogP contribution >= 0.6 is 11.8 Å². The first kappa shape index (κ1) is 11.2. The van der Waals surface area contributed by atoms with E-state index in [4.69, 9.17) is 5.73 Å². The molecule has 0 spiro atoms. The van der Waals surface area contributed by atoms with E-state index >= 15 is 0 Å². The minimum Gasteiger partial charge on any atom is -0.323 e. The Bertz CT molecular complexity index is 461. The first-order valence-electron chi connectivity index (χ1n) is 5.03. The summed E-state index contributed by atoms with van der Waals surface area (Å²) in [5.41, 5.74) is 6.65. The van der Waals surface area contributed by atoms with Gasteiger partial charge in [-0.2, -0.15) is 5.10 Å². The number of nitrogens with zero attached hydrogens (tertiary/aromatic N) is 3. The van der Waals surface area contributed by atoms with Crippen LogP contribution in [0.3, 0.4) is 0 Å². The fourth-order valence-electron chi connectivity index (χ4n) is 1.31. The molecule has 0 aromatic carbocycles. The predicted molar refractivity (Wildman–Crippen MR) is 64.2 cm³/mol. The molecule has 0 radical (unpaired) electrons. The molecule has 0 aliphatic rings. The van der Waals surface area contributed by atoms with Gasteiger partial charge in [-0.3, -0.25) is 9.67 Å². The van der Waals surface area contributed by atoms with Gasteiger partial charge in [0.2, 0.25) is 0 Å². The van der Waals surface area contributed by atoms with Gasteiger partial charge in [0.05, 0.1) is 16.8 Å². The largest absolute Gasteiger partial charge is 0.323 e. The predicted octanol–water partition coefficient (Wildman–Crippen LogP) is 1.99. The third-order valence-electron chi connectivity index (χ3n) is 2.14. The second-order valence-electron chi connectivity index (χ2n) is 3.66. The SMILES string of the molecule is C[C@H](N)c1ccc(Sc2cnn(C)c2)cn1. The molecule has 0 fully saturated rings. The normalized spacial score (nSPS) is 12.7. The lowest BCUT2D eigenvalue weighted by Gasteiger charge is -2.04. The van der Waals surface area contributed by atoms with Crippen LogP contribution in [0, 0.1) is 0 Å². The van der Waals surface area contributed by atoms with E-state index < -0.39 is 0 Å². The van der Waals surface area contributed by atoms with Crippen LogP contribution in [0.25, 0.3) is 0 Å². The molecule has 84 valence electrons. The molecule has 0 bridgehead atoms. The van der Waals surface area contributed by atoms with Crippen molar-refractivity contribution < 1.29 is 0 Å². The third kappa shape index (κ3) is 2.62. The maximum absolute atomic E-state index is 5.74. The van der Waals surface area contributed by atoms with Crippen LogP contribution in [0.5, 0.6) is 0 Å². The van der Waals surface area contributed by atoms with Crippen LogP contribution < -0.4 is 5.73 Å². The van der Waals surface area contributed by atoms with Crippen molar-refractivity contribution in [2.45, 2.75) is 22.8 Å². The summed E-state index contributed by atoms with van der Waals surface area (Å²) >= 11 is 1.64. The van der Waals surface area contributed by atoms with Gasteiger partial charge in [0.1, 0.15) is 0 Å². The average Bonchev–Trinajstić information content (AvgIpc) is 2.65. The van der Waals surface area contributed by atoms with E-state index in [9.17, 15) is 0 Å². The molecule has 0 amide bonds. The Morgan fingerprint density at radius 2 is 2.12 bits per heavy atom. The van der Waals surface area contributed by atoms with Crippen molar-refractivity contribution >= 4 is 11.8 Å². The first-order chi connectivity index (χ1) is 7.65. The van der Waals surface area contributed by atoms with E-state index in [0.717, 1.165) is 15.5 Å². The Morgan fingerprint density at radius 1 is 1.31 bits per heavy atom. The molecular formula is C11H14N4S. The Hall–Kier alpha value is -1.33. The van der Waals surface area contributed by atoms with Gasteiger partial charge in [-0.1, -0.05) is 11.8 Å². The molecule has 2 rings (SSSR count). The molecule has 0 unspecified atom stereocenters. The molecule has 2 heterocycles. The molecule has 16 heavy (non-hydrogen) atoms. The number of rotatable bonds is 3. The van der Waals surface area contributed by atoms with Gasteiger partial charge in [-0.25, -0.2) is 0 Å². The Labute approximate surface area is 98.9 Å². The zero-order valence-electron chi connectivity index (χ0n) is 9.29. The Kier molecular flexibility index (Phi) is 3.26. The molecule has 5 heteroatoms.